The van der Waals surface area contributed by atoms with Crippen LogP contribution in [0.5, 0.6) is 5.75 Å². The third kappa shape index (κ3) is 4.99. The molecule has 1 fully saturated rings. The van der Waals surface area contributed by atoms with Gasteiger partial charge in [0.25, 0.3) is 5.91 Å². The van der Waals surface area contributed by atoms with Crippen LogP contribution in [0, 0.1) is 5.82 Å². The summed E-state index contributed by atoms with van der Waals surface area (Å²) >= 11 is 5.72. The van der Waals surface area contributed by atoms with Gasteiger partial charge in [-0.15, -0.1) is 0 Å². The molecule has 0 unspecified atom stereocenters. The lowest BCUT2D eigenvalue weighted by atomic mass is 10.2. The van der Waals surface area contributed by atoms with Gasteiger partial charge in [-0.25, -0.2) is 9.18 Å². The van der Waals surface area contributed by atoms with E-state index in [1.165, 1.54) is 24.3 Å². The highest BCUT2D eigenvalue weighted by atomic mass is 35.5. The number of rotatable bonds is 5. The first-order valence-corrected chi connectivity index (χ1v) is 9.21. The predicted molar refractivity (Wildman–Crippen MR) is 102 cm³/mol. The van der Waals surface area contributed by atoms with E-state index in [0.717, 1.165) is 0 Å². The van der Waals surface area contributed by atoms with E-state index in [2.05, 4.69) is 4.90 Å². The Labute approximate surface area is 167 Å². The van der Waals surface area contributed by atoms with Crippen LogP contribution in [0.2, 0.25) is 5.02 Å². The van der Waals surface area contributed by atoms with Gasteiger partial charge in [0.05, 0.1) is 0 Å². The predicted octanol–water partition coefficient (Wildman–Crippen LogP) is 2.69. The smallest absolute Gasteiger partial charge is 0.342 e. The number of esters is 1. The molecule has 1 N–H and O–H groups in total. The van der Waals surface area contributed by atoms with Crippen LogP contribution in [-0.2, 0) is 16.1 Å². The van der Waals surface area contributed by atoms with E-state index in [0.29, 0.717) is 43.3 Å². The van der Waals surface area contributed by atoms with Gasteiger partial charge in [0.15, 0.2) is 6.61 Å². The van der Waals surface area contributed by atoms with Crippen LogP contribution in [0.4, 0.5) is 4.39 Å². The highest BCUT2D eigenvalue weighted by Crippen LogP contribution is 2.22. The largest absolute Gasteiger partial charge is 0.507 e. The van der Waals surface area contributed by atoms with Gasteiger partial charge in [0.1, 0.15) is 17.1 Å². The summed E-state index contributed by atoms with van der Waals surface area (Å²) in [6, 6.07) is 10.7. The molecule has 1 heterocycles. The Balaban J connectivity index is 1.46. The molecule has 28 heavy (non-hydrogen) atoms. The fourth-order valence-electron chi connectivity index (χ4n) is 3.00. The van der Waals surface area contributed by atoms with Crippen LogP contribution in [0.25, 0.3) is 0 Å². The Kier molecular flexibility index (Phi) is 6.49. The molecular formula is C20H20ClFN2O4. The standard InChI is InChI=1S/C20H20ClFN2O4/c21-15-5-6-16(18(25)11-15)20(27)28-13-19(26)24-9-7-23(8-10-24)12-14-3-1-2-4-17(14)22/h1-6,11,25H,7-10,12-13H2. The fourth-order valence-corrected chi connectivity index (χ4v) is 3.16. The molecular weight excluding hydrogens is 387 g/mol. The van der Waals surface area contributed by atoms with E-state index in [4.69, 9.17) is 16.3 Å². The molecule has 1 aliphatic heterocycles. The van der Waals surface area contributed by atoms with Crippen molar-refractivity contribution >= 4 is 23.5 Å². The summed E-state index contributed by atoms with van der Waals surface area (Å²) in [5, 5.41) is 10.0. The number of hydrogen-bond donors (Lipinski definition) is 1. The second-order valence-corrected chi connectivity index (χ2v) is 6.92. The average Bonchev–Trinajstić information content (AvgIpc) is 2.68. The van der Waals surface area contributed by atoms with Gasteiger partial charge in [0.2, 0.25) is 0 Å². The van der Waals surface area contributed by atoms with Gasteiger partial charge in [-0.1, -0.05) is 29.8 Å². The maximum absolute atomic E-state index is 13.8. The van der Waals surface area contributed by atoms with Gasteiger partial charge < -0.3 is 14.7 Å². The molecule has 0 aliphatic carbocycles. The van der Waals surface area contributed by atoms with E-state index in [1.54, 1.807) is 23.1 Å². The van der Waals surface area contributed by atoms with Crippen molar-refractivity contribution in [3.63, 3.8) is 0 Å². The number of halogens is 2. The Bertz CT molecular complexity index is 869. The van der Waals surface area contributed by atoms with Crippen LogP contribution in [0.15, 0.2) is 42.5 Å². The lowest BCUT2D eigenvalue weighted by molar-refractivity contribution is -0.136. The third-order valence-corrected chi connectivity index (χ3v) is 4.82. The number of phenolic OH excluding ortho intramolecular Hbond substituents is 1. The van der Waals surface area contributed by atoms with E-state index < -0.39 is 12.6 Å². The normalized spacial score (nSPS) is 14.7. The molecule has 1 saturated heterocycles. The minimum Gasteiger partial charge on any atom is -0.507 e. The summed E-state index contributed by atoms with van der Waals surface area (Å²) in [4.78, 5) is 28.0. The quantitative estimate of drug-likeness (QED) is 0.773. The highest BCUT2D eigenvalue weighted by molar-refractivity contribution is 6.30. The van der Waals surface area contributed by atoms with Crippen LogP contribution >= 0.6 is 11.6 Å². The number of amides is 1. The molecule has 2 aromatic rings. The van der Waals surface area contributed by atoms with Crippen molar-refractivity contribution in [1.82, 2.24) is 9.80 Å². The number of aromatic hydroxyl groups is 1. The summed E-state index contributed by atoms with van der Waals surface area (Å²) in [6.45, 7) is 2.22. The van der Waals surface area contributed by atoms with E-state index >= 15 is 0 Å². The number of carbonyl (C=O) groups is 2. The molecule has 2 aromatic carbocycles. The van der Waals surface area contributed by atoms with Crippen LogP contribution in [0.1, 0.15) is 15.9 Å². The molecule has 0 spiro atoms. The first-order chi connectivity index (χ1) is 13.4. The Morgan fingerprint density at radius 3 is 2.50 bits per heavy atom. The summed E-state index contributed by atoms with van der Waals surface area (Å²) in [5.41, 5.74) is 0.575. The zero-order chi connectivity index (χ0) is 20.1. The number of phenols is 1. The summed E-state index contributed by atoms with van der Waals surface area (Å²) in [6.07, 6.45) is 0. The highest BCUT2D eigenvalue weighted by Gasteiger charge is 2.23. The van der Waals surface area contributed by atoms with Crippen LogP contribution < -0.4 is 0 Å². The van der Waals surface area contributed by atoms with E-state index in [1.807, 2.05) is 0 Å². The molecule has 0 bridgehead atoms. The number of nitrogens with zero attached hydrogens (tertiary/aromatic N) is 2. The molecule has 1 aliphatic rings. The van der Waals surface area contributed by atoms with Gasteiger partial charge in [-0.2, -0.15) is 0 Å². The summed E-state index contributed by atoms with van der Waals surface area (Å²) < 4.78 is 18.8. The van der Waals surface area contributed by atoms with Crippen molar-refractivity contribution in [3.8, 4) is 5.75 Å². The first-order valence-electron chi connectivity index (χ1n) is 8.83. The van der Waals surface area contributed by atoms with Crippen molar-refractivity contribution in [2.45, 2.75) is 6.54 Å². The van der Waals surface area contributed by atoms with E-state index in [9.17, 15) is 19.1 Å². The summed E-state index contributed by atoms with van der Waals surface area (Å²) in [7, 11) is 0. The number of ether oxygens (including phenoxy) is 1. The number of piperazine rings is 1. The molecule has 6 nitrogen and oxygen atoms in total. The topological polar surface area (TPSA) is 70.1 Å². The Morgan fingerprint density at radius 1 is 1.11 bits per heavy atom. The van der Waals surface area contributed by atoms with Crippen molar-refractivity contribution in [1.29, 1.82) is 0 Å². The number of carbonyl (C=O) groups excluding carboxylic acids is 2. The zero-order valence-electron chi connectivity index (χ0n) is 15.1. The summed E-state index contributed by atoms with van der Waals surface area (Å²) in [5.74, 6) is -1.64. The van der Waals surface area contributed by atoms with Crippen molar-refractivity contribution in [3.05, 3.63) is 64.4 Å². The molecule has 0 radical (unpaired) electrons. The minimum atomic E-state index is -0.791. The molecule has 0 aromatic heterocycles. The average molecular weight is 407 g/mol. The zero-order valence-corrected chi connectivity index (χ0v) is 15.9. The fraction of sp³-hybridized carbons (Fsp3) is 0.300. The van der Waals surface area contributed by atoms with Crippen LogP contribution in [-0.4, -0.2) is 59.6 Å². The van der Waals surface area contributed by atoms with Gasteiger partial charge in [-0.05, 0) is 24.3 Å². The Morgan fingerprint density at radius 2 is 1.82 bits per heavy atom. The molecule has 0 atom stereocenters. The first kappa shape index (κ1) is 20.1. The lowest BCUT2D eigenvalue weighted by Gasteiger charge is -2.34. The van der Waals surface area contributed by atoms with Gasteiger partial charge in [0, 0.05) is 43.3 Å². The van der Waals surface area contributed by atoms with Crippen LogP contribution in [0.3, 0.4) is 0 Å². The Hall–Kier alpha value is -2.64. The van der Waals surface area contributed by atoms with E-state index in [-0.39, 0.29) is 23.0 Å². The molecule has 8 heteroatoms. The lowest BCUT2D eigenvalue weighted by Crippen LogP contribution is -2.49. The van der Waals surface area contributed by atoms with Crippen molar-refractivity contribution in [2.24, 2.45) is 0 Å². The monoisotopic (exact) mass is 406 g/mol. The molecule has 3 rings (SSSR count). The molecule has 1 amide bonds. The molecule has 148 valence electrons. The SMILES string of the molecule is O=C(OCC(=O)N1CCN(Cc2ccccc2F)CC1)c1ccc(Cl)cc1O. The third-order valence-electron chi connectivity index (χ3n) is 4.58. The maximum atomic E-state index is 13.8. The van der Waals surface area contributed by atoms with Crippen molar-refractivity contribution in [2.75, 3.05) is 32.8 Å². The minimum absolute atomic E-state index is 0.0492. The molecule has 0 saturated carbocycles. The second-order valence-electron chi connectivity index (χ2n) is 6.49. The number of hydrogen-bond acceptors (Lipinski definition) is 5. The van der Waals surface area contributed by atoms with Gasteiger partial charge >= 0.3 is 5.97 Å². The maximum Gasteiger partial charge on any atom is 0.342 e. The van der Waals surface area contributed by atoms with Crippen molar-refractivity contribution < 1.29 is 23.8 Å². The number of benzene rings is 2. The second kappa shape index (κ2) is 9.03. The van der Waals surface area contributed by atoms with Gasteiger partial charge in [-0.3, -0.25) is 9.69 Å².